The normalized spacial score (nSPS) is 10.0. The van der Waals surface area contributed by atoms with Gasteiger partial charge in [-0.3, -0.25) is 19.7 Å². The quantitative estimate of drug-likeness (QED) is 0.457. The Balaban J connectivity index is 3.10. The number of amides is 1. The first-order valence-corrected chi connectivity index (χ1v) is 6.30. The number of esters is 1. The van der Waals surface area contributed by atoms with E-state index in [1.807, 2.05) is 6.92 Å². The number of nitro benzene ring substituents is 1. The van der Waals surface area contributed by atoms with Crippen molar-refractivity contribution in [2.45, 2.75) is 13.3 Å². The van der Waals surface area contributed by atoms with Crippen molar-refractivity contribution in [2.75, 3.05) is 25.1 Å². The molecule has 8 heteroatoms. The number of nitrogens with zero attached hydrogens (tertiary/aromatic N) is 2. The van der Waals surface area contributed by atoms with Crippen LogP contribution in [0.25, 0.3) is 0 Å². The van der Waals surface area contributed by atoms with Gasteiger partial charge in [-0.1, -0.05) is 0 Å². The average Bonchev–Trinajstić information content (AvgIpc) is 2.47. The number of methoxy groups -OCH3 is 1. The topological polar surface area (TPSA) is 116 Å². The fraction of sp³-hybridized carbons (Fsp3) is 0.385. The molecule has 0 saturated heterocycles. The smallest absolute Gasteiger partial charge is 0.307 e. The first-order chi connectivity index (χ1) is 9.90. The Kier molecular flexibility index (Phi) is 5.65. The second-order valence-electron chi connectivity index (χ2n) is 4.23. The van der Waals surface area contributed by atoms with Crippen LogP contribution in [-0.4, -0.2) is 37.0 Å². The molecule has 0 bridgehead atoms. The number of carbonyl (C=O) groups excluding carboxylic acids is 2. The highest BCUT2D eigenvalue weighted by molar-refractivity contribution is 5.94. The first-order valence-electron chi connectivity index (χ1n) is 6.30. The summed E-state index contributed by atoms with van der Waals surface area (Å²) in [5.41, 5.74) is 5.29. The van der Waals surface area contributed by atoms with Gasteiger partial charge < -0.3 is 15.4 Å². The van der Waals surface area contributed by atoms with E-state index in [9.17, 15) is 19.7 Å². The Morgan fingerprint density at radius 2 is 2.10 bits per heavy atom. The SMILES string of the molecule is CCN(CCC(=O)OC)c1ccc(C(N)=O)cc1[N+](=O)[O-]. The molecule has 0 fully saturated rings. The van der Waals surface area contributed by atoms with E-state index in [-0.39, 0.29) is 24.2 Å². The monoisotopic (exact) mass is 295 g/mol. The molecule has 0 aromatic heterocycles. The minimum absolute atomic E-state index is 0.0643. The third kappa shape index (κ3) is 4.16. The zero-order chi connectivity index (χ0) is 16.0. The molecular weight excluding hydrogens is 278 g/mol. The lowest BCUT2D eigenvalue weighted by Gasteiger charge is -2.22. The van der Waals surface area contributed by atoms with Crippen LogP contribution in [0.2, 0.25) is 0 Å². The molecule has 0 atom stereocenters. The van der Waals surface area contributed by atoms with Crippen LogP contribution in [0.5, 0.6) is 0 Å². The van der Waals surface area contributed by atoms with Gasteiger partial charge >= 0.3 is 5.97 Å². The molecule has 0 aliphatic heterocycles. The highest BCUT2D eigenvalue weighted by atomic mass is 16.6. The van der Waals surface area contributed by atoms with Crippen molar-refractivity contribution < 1.29 is 19.2 Å². The van der Waals surface area contributed by atoms with Crippen LogP contribution >= 0.6 is 0 Å². The number of benzene rings is 1. The Hall–Kier alpha value is -2.64. The Bertz CT molecular complexity index is 559. The van der Waals surface area contributed by atoms with Crippen molar-refractivity contribution in [1.82, 2.24) is 0 Å². The molecule has 0 aliphatic carbocycles. The molecule has 1 rings (SSSR count). The molecule has 0 unspecified atom stereocenters. The summed E-state index contributed by atoms with van der Waals surface area (Å²) in [7, 11) is 1.28. The molecule has 0 saturated carbocycles. The number of rotatable bonds is 7. The number of hydrogen-bond acceptors (Lipinski definition) is 6. The summed E-state index contributed by atoms with van der Waals surface area (Å²) in [6.07, 6.45) is 0.110. The summed E-state index contributed by atoms with van der Waals surface area (Å²) >= 11 is 0. The summed E-state index contributed by atoms with van der Waals surface area (Å²) in [6.45, 7) is 2.55. The molecule has 0 radical (unpaired) electrons. The van der Waals surface area contributed by atoms with Crippen LogP contribution in [0.15, 0.2) is 18.2 Å². The molecule has 21 heavy (non-hydrogen) atoms. The molecule has 0 heterocycles. The Morgan fingerprint density at radius 1 is 1.43 bits per heavy atom. The van der Waals surface area contributed by atoms with E-state index in [0.717, 1.165) is 6.07 Å². The molecule has 2 N–H and O–H groups in total. The summed E-state index contributed by atoms with van der Waals surface area (Å²) in [5, 5.41) is 11.1. The average molecular weight is 295 g/mol. The second kappa shape index (κ2) is 7.22. The molecule has 0 aliphatic rings. The number of nitrogens with two attached hydrogens (primary N) is 1. The van der Waals surface area contributed by atoms with E-state index >= 15 is 0 Å². The van der Waals surface area contributed by atoms with Gasteiger partial charge in [0.15, 0.2) is 0 Å². The largest absolute Gasteiger partial charge is 0.469 e. The zero-order valence-corrected chi connectivity index (χ0v) is 11.9. The maximum atomic E-state index is 11.2. The van der Waals surface area contributed by atoms with E-state index < -0.39 is 16.8 Å². The lowest BCUT2D eigenvalue weighted by molar-refractivity contribution is -0.384. The minimum Gasteiger partial charge on any atom is -0.469 e. The number of carbonyl (C=O) groups is 2. The maximum Gasteiger partial charge on any atom is 0.307 e. The summed E-state index contributed by atoms with van der Waals surface area (Å²) in [4.78, 5) is 34.5. The standard InChI is InChI=1S/C13H17N3O5/c1-3-15(7-6-12(17)21-2)10-5-4-9(13(14)18)8-11(10)16(19)20/h4-5,8H,3,6-7H2,1-2H3,(H2,14,18). The third-order valence-corrected chi connectivity index (χ3v) is 2.99. The summed E-state index contributed by atoms with van der Waals surface area (Å²) < 4.78 is 4.55. The van der Waals surface area contributed by atoms with Crippen molar-refractivity contribution in [3.8, 4) is 0 Å². The summed E-state index contributed by atoms with van der Waals surface area (Å²) in [5.74, 6) is -1.13. The number of primary amides is 1. The highest BCUT2D eigenvalue weighted by Gasteiger charge is 2.21. The van der Waals surface area contributed by atoms with Crippen LogP contribution in [0.1, 0.15) is 23.7 Å². The van der Waals surface area contributed by atoms with Gasteiger partial charge in [-0.05, 0) is 19.1 Å². The molecular formula is C13H17N3O5. The van der Waals surface area contributed by atoms with E-state index in [1.54, 1.807) is 4.90 Å². The van der Waals surface area contributed by atoms with Crippen LogP contribution in [0.3, 0.4) is 0 Å². The van der Waals surface area contributed by atoms with Gasteiger partial charge in [0.1, 0.15) is 5.69 Å². The molecule has 0 spiro atoms. The van der Waals surface area contributed by atoms with Gasteiger partial charge in [-0.2, -0.15) is 0 Å². The predicted octanol–water partition coefficient (Wildman–Crippen LogP) is 1.08. The second-order valence-corrected chi connectivity index (χ2v) is 4.23. The van der Waals surface area contributed by atoms with Gasteiger partial charge in [-0.15, -0.1) is 0 Å². The van der Waals surface area contributed by atoms with Gasteiger partial charge in [0, 0.05) is 24.7 Å². The number of ether oxygens (including phenoxy) is 1. The third-order valence-electron chi connectivity index (χ3n) is 2.99. The van der Waals surface area contributed by atoms with Crippen molar-refractivity contribution in [3.05, 3.63) is 33.9 Å². The first kappa shape index (κ1) is 16.4. The fourth-order valence-electron chi connectivity index (χ4n) is 1.87. The number of hydrogen-bond donors (Lipinski definition) is 1. The summed E-state index contributed by atoms with van der Waals surface area (Å²) in [6, 6.07) is 4.02. The lowest BCUT2D eigenvalue weighted by atomic mass is 10.1. The van der Waals surface area contributed by atoms with Crippen molar-refractivity contribution in [1.29, 1.82) is 0 Å². The number of anilines is 1. The molecule has 114 valence electrons. The van der Waals surface area contributed by atoms with Gasteiger partial charge in [0.05, 0.1) is 18.5 Å². The predicted molar refractivity (Wildman–Crippen MR) is 76.1 cm³/mol. The van der Waals surface area contributed by atoms with Gasteiger partial charge in [-0.25, -0.2) is 0 Å². The van der Waals surface area contributed by atoms with E-state index in [2.05, 4.69) is 4.74 Å². The van der Waals surface area contributed by atoms with Gasteiger partial charge in [0.25, 0.3) is 5.69 Å². The molecule has 8 nitrogen and oxygen atoms in total. The van der Waals surface area contributed by atoms with Crippen LogP contribution in [-0.2, 0) is 9.53 Å². The maximum absolute atomic E-state index is 11.2. The Morgan fingerprint density at radius 3 is 2.57 bits per heavy atom. The van der Waals surface area contributed by atoms with Crippen LogP contribution < -0.4 is 10.6 Å². The van der Waals surface area contributed by atoms with Crippen molar-refractivity contribution >= 4 is 23.3 Å². The van der Waals surface area contributed by atoms with E-state index in [1.165, 1.54) is 19.2 Å². The zero-order valence-electron chi connectivity index (χ0n) is 11.9. The fourth-order valence-corrected chi connectivity index (χ4v) is 1.87. The van der Waals surface area contributed by atoms with Crippen molar-refractivity contribution in [3.63, 3.8) is 0 Å². The molecule has 1 amide bonds. The minimum atomic E-state index is -0.734. The number of nitro groups is 1. The van der Waals surface area contributed by atoms with E-state index in [0.29, 0.717) is 12.2 Å². The Labute approximate surface area is 121 Å². The van der Waals surface area contributed by atoms with Gasteiger partial charge in [0.2, 0.25) is 5.91 Å². The van der Waals surface area contributed by atoms with E-state index in [4.69, 9.17) is 5.73 Å². The highest BCUT2D eigenvalue weighted by Crippen LogP contribution is 2.29. The van der Waals surface area contributed by atoms with Crippen molar-refractivity contribution in [2.24, 2.45) is 5.73 Å². The van der Waals surface area contributed by atoms with Crippen LogP contribution in [0, 0.1) is 10.1 Å². The lowest BCUT2D eigenvalue weighted by Crippen LogP contribution is -2.27. The van der Waals surface area contributed by atoms with Crippen LogP contribution in [0.4, 0.5) is 11.4 Å². The molecule has 1 aromatic rings. The molecule has 1 aromatic carbocycles.